The SMILES string of the molecule is CC(C)Cn1cncc1CN1CC[C@@H](O)[C@H](Oc2cccc(C(C)C)c2)C1. The number of hydrogen-bond donors (Lipinski definition) is 1. The van der Waals surface area contributed by atoms with Gasteiger partial charge >= 0.3 is 0 Å². The fourth-order valence-electron chi connectivity index (χ4n) is 3.62. The summed E-state index contributed by atoms with van der Waals surface area (Å²) >= 11 is 0. The van der Waals surface area contributed by atoms with Crippen LogP contribution in [0.5, 0.6) is 5.75 Å². The fourth-order valence-corrected chi connectivity index (χ4v) is 3.62. The Kier molecular flexibility index (Phi) is 6.55. The van der Waals surface area contributed by atoms with Gasteiger partial charge in [0.2, 0.25) is 0 Å². The van der Waals surface area contributed by atoms with Gasteiger partial charge in [0.05, 0.1) is 18.1 Å². The van der Waals surface area contributed by atoms with Gasteiger partial charge in [0.15, 0.2) is 0 Å². The number of aromatic nitrogens is 2. The number of ether oxygens (including phenoxy) is 1. The van der Waals surface area contributed by atoms with Crippen LogP contribution in [0.4, 0.5) is 0 Å². The van der Waals surface area contributed by atoms with Crippen molar-refractivity contribution >= 4 is 0 Å². The van der Waals surface area contributed by atoms with E-state index in [-0.39, 0.29) is 6.10 Å². The highest BCUT2D eigenvalue weighted by Crippen LogP contribution is 2.24. The standard InChI is InChI=1S/C22H33N3O2/c1-16(2)12-25-15-23-11-19(25)13-24-9-8-21(26)22(14-24)27-20-7-5-6-18(10-20)17(3)4/h5-7,10-11,15-17,21-22,26H,8-9,12-14H2,1-4H3/t21-,22-/m1/s1. The van der Waals surface area contributed by atoms with Crippen LogP contribution in [-0.4, -0.2) is 44.9 Å². The van der Waals surface area contributed by atoms with E-state index in [0.717, 1.165) is 38.3 Å². The third-order valence-electron chi connectivity index (χ3n) is 5.17. The van der Waals surface area contributed by atoms with Crippen LogP contribution in [0.3, 0.4) is 0 Å². The Morgan fingerprint density at radius 3 is 2.81 bits per heavy atom. The van der Waals surface area contributed by atoms with Crippen molar-refractivity contribution < 1.29 is 9.84 Å². The van der Waals surface area contributed by atoms with Crippen molar-refractivity contribution in [1.82, 2.24) is 14.5 Å². The van der Waals surface area contributed by atoms with Gasteiger partial charge in [-0.15, -0.1) is 0 Å². The summed E-state index contributed by atoms with van der Waals surface area (Å²) in [5, 5.41) is 10.5. The monoisotopic (exact) mass is 371 g/mol. The number of piperidine rings is 1. The van der Waals surface area contributed by atoms with E-state index in [2.05, 4.69) is 54.3 Å². The minimum absolute atomic E-state index is 0.206. The summed E-state index contributed by atoms with van der Waals surface area (Å²) in [5.74, 6) is 1.89. The molecule has 0 spiro atoms. The van der Waals surface area contributed by atoms with Crippen LogP contribution >= 0.6 is 0 Å². The third-order valence-corrected chi connectivity index (χ3v) is 5.17. The molecule has 1 saturated heterocycles. The molecule has 0 aliphatic carbocycles. The average molecular weight is 372 g/mol. The Labute approximate surface area is 163 Å². The second kappa shape index (κ2) is 8.89. The molecule has 1 aromatic carbocycles. The molecule has 0 amide bonds. The molecular weight excluding hydrogens is 338 g/mol. The summed E-state index contributed by atoms with van der Waals surface area (Å²) in [6.45, 7) is 12.2. The second-order valence-corrected chi connectivity index (χ2v) is 8.41. The van der Waals surface area contributed by atoms with Gasteiger partial charge in [0.25, 0.3) is 0 Å². The van der Waals surface area contributed by atoms with E-state index in [1.165, 1.54) is 11.3 Å². The molecule has 27 heavy (non-hydrogen) atoms. The number of aliphatic hydroxyl groups is 1. The van der Waals surface area contributed by atoms with Crippen molar-refractivity contribution in [3.8, 4) is 5.75 Å². The smallest absolute Gasteiger partial charge is 0.137 e. The van der Waals surface area contributed by atoms with Crippen LogP contribution in [0.25, 0.3) is 0 Å². The van der Waals surface area contributed by atoms with Gasteiger partial charge in [-0.1, -0.05) is 39.8 Å². The van der Waals surface area contributed by atoms with Crippen molar-refractivity contribution in [3.63, 3.8) is 0 Å². The number of benzene rings is 1. The summed E-state index contributed by atoms with van der Waals surface area (Å²) in [4.78, 5) is 6.68. The van der Waals surface area contributed by atoms with Gasteiger partial charge in [-0.3, -0.25) is 4.90 Å². The zero-order valence-electron chi connectivity index (χ0n) is 17.0. The molecule has 1 aromatic heterocycles. The Morgan fingerprint density at radius 2 is 2.07 bits per heavy atom. The molecule has 1 aliphatic rings. The van der Waals surface area contributed by atoms with Crippen molar-refractivity contribution in [2.75, 3.05) is 13.1 Å². The molecule has 1 N–H and O–H groups in total. The van der Waals surface area contributed by atoms with Gasteiger partial charge < -0.3 is 14.4 Å². The van der Waals surface area contributed by atoms with Crippen molar-refractivity contribution in [3.05, 3.63) is 48.0 Å². The molecule has 2 atom stereocenters. The number of likely N-dealkylation sites (tertiary alicyclic amines) is 1. The van der Waals surface area contributed by atoms with Crippen LogP contribution < -0.4 is 4.74 Å². The summed E-state index contributed by atoms with van der Waals surface area (Å²) in [6, 6.07) is 8.22. The van der Waals surface area contributed by atoms with E-state index in [1.54, 1.807) is 0 Å². The maximum absolute atomic E-state index is 10.5. The fraction of sp³-hybridized carbons (Fsp3) is 0.591. The topological polar surface area (TPSA) is 50.5 Å². The first kappa shape index (κ1) is 19.9. The predicted octanol–water partition coefficient (Wildman–Crippen LogP) is 3.68. The quantitative estimate of drug-likeness (QED) is 0.807. The lowest BCUT2D eigenvalue weighted by molar-refractivity contribution is -0.0273. The first-order valence-corrected chi connectivity index (χ1v) is 10.1. The Balaban J connectivity index is 1.64. The lowest BCUT2D eigenvalue weighted by Gasteiger charge is -2.36. The highest BCUT2D eigenvalue weighted by molar-refractivity contribution is 5.30. The normalized spacial score (nSPS) is 21.1. The summed E-state index contributed by atoms with van der Waals surface area (Å²) in [6.07, 6.45) is 3.97. The van der Waals surface area contributed by atoms with Crippen LogP contribution in [0.15, 0.2) is 36.8 Å². The molecule has 1 aliphatic heterocycles. The van der Waals surface area contributed by atoms with E-state index < -0.39 is 6.10 Å². The lowest BCUT2D eigenvalue weighted by Crippen LogP contribution is -2.49. The third kappa shape index (κ3) is 5.33. The second-order valence-electron chi connectivity index (χ2n) is 8.41. The van der Waals surface area contributed by atoms with E-state index in [9.17, 15) is 5.11 Å². The minimum Gasteiger partial charge on any atom is -0.486 e. The van der Waals surface area contributed by atoms with Crippen molar-refractivity contribution in [2.45, 2.75) is 65.3 Å². The summed E-state index contributed by atoms with van der Waals surface area (Å²) < 4.78 is 8.42. The largest absolute Gasteiger partial charge is 0.486 e. The van der Waals surface area contributed by atoms with Crippen LogP contribution in [0, 0.1) is 5.92 Å². The first-order chi connectivity index (χ1) is 12.9. The predicted molar refractivity (Wildman–Crippen MR) is 108 cm³/mol. The Morgan fingerprint density at radius 1 is 1.26 bits per heavy atom. The van der Waals surface area contributed by atoms with Gasteiger partial charge in [-0.2, -0.15) is 0 Å². The number of imidazole rings is 1. The highest BCUT2D eigenvalue weighted by atomic mass is 16.5. The molecule has 5 heteroatoms. The summed E-state index contributed by atoms with van der Waals surface area (Å²) in [5.41, 5.74) is 2.48. The molecular formula is C22H33N3O2. The van der Waals surface area contributed by atoms with E-state index >= 15 is 0 Å². The molecule has 2 aromatic rings. The maximum Gasteiger partial charge on any atom is 0.137 e. The average Bonchev–Trinajstić information content (AvgIpc) is 3.04. The molecule has 5 nitrogen and oxygen atoms in total. The summed E-state index contributed by atoms with van der Waals surface area (Å²) in [7, 11) is 0. The Bertz CT molecular complexity index is 726. The van der Waals surface area contributed by atoms with Crippen LogP contribution in [0.2, 0.25) is 0 Å². The molecule has 0 radical (unpaired) electrons. The molecule has 148 valence electrons. The van der Waals surface area contributed by atoms with Crippen molar-refractivity contribution in [1.29, 1.82) is 0 Å². The van der Waals surface area contributed by atoms with Gasteiger partial charge in [0.1, 0.15) is 11.9 Å². The molecule has 3 rings (SSSR count). The van der Waals surface area contributed by atoms with Gasteiger partial charge in [-0.25, -0.2) is 4.98 Å². The van der Waals surface area contributed by atoms with Crippen LogP contribution in [0.1, 0.15) is 51.3 Å². The van der Waals surface area contributed by atoms with Gasteiger partial charge in [0, 0.05) is 32.4 Å². The molecule has 0 saturated carbocycles. The minimum atomic E-state index is -0.426. The zero-order chi connectivity index (χ0) is 19.4. The van der Waals surface area contributed by atoms with Gasteiger partial charge in [-0.05, 0) is 36.0 Å². The molecule has 1 fully saturated rings. The highest BCUT2D eigenvalue weighted by Gasteiger charge is 2.30. The maximum atomic E-state index is 10.5. The lowest BCUT2D eigenvalue weighted by atomic mass is 10.0. The zero-order valence-corrected chi connectivity index (χ0v) is 17.0. The molecule has 2 heterocycles. The number of rotatable bonds is 7. The first-order valence-electron chi connectivity index (χ1n) is 10.1. The molecule has 0 bridgehead atoms. The number of hydrogen-bond acceptors (Lipinski definition) is 4. The van der Waals surface area contributed by atoms with E-state index in [4.69, 9.17) is 4.74 Å². The number of nitrogens with zero attached hydrogens (tertiary/aromatic N) is 3. The van der Waals surface area contributed by atoms with Crippen molar-refractivity contribution in [2.24, 2.45) is 5.92 Å². The van der Waals surface area contributed by atoms with E-state index in [0.29, 0.717) is 11.8 Å². The Hall–Kier alpha value is -1.85. The number of aliphatic hydroxyl groups excluding tert-OH is 1. The van der Waals surface area contributed by atoms with E-state index in [1.807, 2.05) is 24.7 Å². The molecule has 0 unspecified atom stereocenters. The van der Waals surface area contributed by atoms with Crippen LogP contribution in [-0.2, 0) is 13.1 Å².